The van der Waals surface area contributed by atoms with Crippen LogP contribution in [0.4, 0.5) is 0 Å². The van der Waals surface area contributed by atoms with Crippen molar-refractivity contribution in [3.8, 4) is 6.07 Å². The van der Waals surface area contributed by atoms with E-state index >= 15 is 0 Å². The van der Waals surface area contributed by atoms with E-state index in [4.69, 9.17) is 16.9 Å². The number of pyridine rings is 1. The first-order chi connectivity index (χ1) is 6.70. The zero-order valence-corrected chi connectivity index (χ0v) is 8.34. The number of aryl methyl sites for hydroxylation is 1. The number of halogens is 1. The molecule has 0 aliphatic rings. The molecule has 68 valence electrons. The van der Waals surface area contributed by atoms with Crippen LogP contribution in [0.5, 0.6) is 0 Å². The van der Waals surface area contributed by atoms with E-state index in [1.165, 1.54) is 0 Å². The fourth-order valence-corrected chi connectivity index (χ4v) is 1.48. The summed E-state index contributed by atoms with van der Waals surface area (Å²) in [6.45, 7) is 1.94. The van der Waals surface area contributed by atoms with Crippen LogP contribution < -0.4 is 0 Å². The van der Waals surface area contributed by atoms with Gasteiger partial charge in [0, 0.05) is 10.4 Å². The maximum atomic E-state index is 8.68. The molecule has 3 heteroatoms. The van der Waals surface area contributed by atoms with Crippen LogP contribution in [0.3, 0.4) is 0 Å². The van der Waals surface area contributed by atoms with Gasteiger partial charge in [0.05, 0.1) is 5.52 Å². The van der Waals surface area contributed by atoms with Gasteiger partial charge in [0.25, 0.3) is 0 Å². The molecular formula is C11H7ClN2. The lowest BCUT2D eigenvalue weighted by atomic mass is 10.1. The number of nitrogens with zero attached hydrogens (tertiary/aromatic N) is 2. The van der Waals surface area contributed by atoms with Gasteiger partial charge in [0.1, 0.15) is 11.8 Å². The number of hydrogen-bond donors (Lipinski definition) is 0. The van der Waals surface area contributed by atoms with Gasteiger partial charge >= 0.3 is 0 Å². The lowest BCUT2D eigenvalue weighted by Crippen LogP contribution is -1.85. The summed E-state index contributed by atoms with van der Waals surface area (Å²) in [6.07, 6.45) is 0. The van der Waals surface area contributed by atoms with Gasteiger partial charge in [0.15, 0.2) is 0 Å². The molecule has 0 atom stereocenters. The maximum absolute atomic E-state index is 8.68. The van der Waals surface area contributed by atoms with E-state index in [2.05, 4.69) is 4.98 Å². The molecule has 14 heavy (non-hydrogen) atoms. The van der Waals surface area contributed by atoms with Crippen molar-refractivity contribution in [3.63, 3.8) is 0 Å². The van der Waals surface area contributed by atoms with Crippen molar-refractivity contribution in [3.05, 3.63) is 40.5 Å². The van der Waals surface area contributed by atoms with E-state index in [9.17, 15) is 0 Å². The molecule has 1 aromatic heterocycles. The summed E-state index contributed by atoms with van der Waals surface area (Å²) < 4.78 is 0. The molecule has 2 nitrogen and oxygen atoms in total. The van der Waals surface area contributed by atoms with Crippen LogP contribution in [-0.2, 0) is 0 Å². The summed E-state index contributed by atoms with van der Waals surface area (Å²) in [6, 6.07) is 9.33. The molecular weight excluding hydrogens is 196 g/mol. The quantitative estimate of drug-likeness (QED) is 0.658. The summed E-state index contributed by atoms with van der Waals surface area (Å²) in [5.41, 5.74) is 2.20. The molecule has 0 unspecified atom stereocenters. The number of hydrogen-bond acceptors (Lipinski definition) is 2. The standard InChI is InChI=1S/C11H7ClN2/c1-7-4-8-2-3-9(6-13)14-11(8)5-10(7)12/h2-5H,1H3. The third kappa shape index (κ3) is 1.43. The predicted molar refractivity (Wildman–Crippen MR) is 56.2 cm³/mol. The Bertz CT molecular complexity index is 541. The highest BCUT2D eigenvalue weighted by atomic mass is 35.5. The minimum Gasteiger partial charge on any atom is -0.237 e. The average Bonchev–Trinajstić information content (AvgIpc) is 2.19. The normalized spacial score (nSPS) is 10.1. The van der Waals surface area contributed by atoms with Crippen molar-refractivity contribution in [2.24, 2.45) is 0 Å². The molecule has 0 saturated heterocycles. The highest BCUT2D eigenvalue weighted by Gasteiger charge is 2.01. The molecule has 2 rings (SSSR count). The molecule has 1 aromatic carbocycles. The number of benzene rings is 1. The topological polar surface area (TPSA) is 36.7 Å². The summed E-state index contributed by atoms with van der Waals surface area (Å²) in [5, 5.41) is 10.4. The first-order valence-electron chi connectivity index (χ1n) is 4.18. The minimum absolute atomic E-state index is 0.414. The Morgan fingerprint density at radius 3 is 2.86 bits per heavy atom. The third-order valence-electron chi connectivity index (χ3n) is 2.08. The van der Waals surface area contributed by atoms with Gasteiger partial charge in [-0.1, -0.05) is 11.6 Å². The van der Waals surface area contributed by atoms with Crippen LogP contribution >= 0.6 is 11.6 Å². The molecule has 0 aliphatic heterocycles. The van der Waals surface area contributed by atoms with E-state index in [1.54, 1.807) is 12.1 Å². The van der Waals surface area contributed by atoms with Crippen molar-refractivity contribution in [1.82, 2.24) is 4.98 Å². The van der Waals surface area contributed by atoms with Gasteiger partial charge in [-0.25, -0.2) is 4.98 Å². The molecule has 2 aromatic rings. The van der Waals surface area contributed by atoms with E-state index < -0.39 is 0 Å². The SMILES string of the molecule is Cc1cc2ccc(C#N)nc2cc1Cl. The molecule has 0 saturated carbocycles. The molecule has 0 radical (unpaired) electrons. The average molecular weight is 203 g/mol. The monoisotopic (exact) mass is 202 g/mol. The smallest absolute Gasteiger partial charge is 0.141 e. The summed E-state index contributed by atoms with van der Waals surface area (Å²) in [4.78, 5) is 4.15. The zero-order valence-electron chi connectivity index (χ0n) is 7.58. The highest BCUT2D eigenvalue weighted by molar-refractivity contribution is 6.32. The van der Waals surface area contributed by atoms with Crippen LogP contribution in [0.1, 0.15) is 11.3 Å². The molecule has 0 bridgehead atoms. The van der Waals surface area contributed by atoms with Crippen molar-refractivity contribution in [2.75, 3.05) is 0 Å². The van der Waals surface area contributed by atoms with Crippen LogP contribution in [0.15, 0.2) is 24.3 Å². The Hall–Kier alpha value is -1.59. The van der Waals surface area contributed by atoms with E-state index in [0.717, 1.165) is 16.5 Å². The lowest BCUT2D eigenvalue weighted by molar-refractivity contribution is 1.32. The number of fused-ring (bicyclic) bond motifs is 1. The zero-order chi connectivity index (χ0) is 10.1. The van der Waals surface area contributed by atoms with Gasteiger partial charge in [-0.05, 0) is 36.8 Å². The lowest BCUT2D eigenvalue weighted by Gasteiger charge is -2.01. The number of aromatic nitrogens is 1. The number of nitriles is 1. The summed E-state index contributed by atoms with van der Waals surface area (Å²) in [5.74, 6) is 0. The molecule has 0 spiro atoms. The van der Waals surface area contributed by atoms with Crippen molar-refractivity contribution < 1.29 is 0 Å². The van der Waals surface area contributed by atoms with Crippen molar-refractivity contribution >= 4 is 22.5 Å². The Labute approximate surface area is 86.8 Å². The van der Waals surface area contributed by atoms with Gasteiger partial charge in [-0.15, -0.1) is 0 Å². The largest absolute Gasteiger partial charge is 0.237 e. The van der Waals surface area contributed by atoms with E-state index in [0.29, 0.717) is 10.7 Å². The second kappa shape index (κ2) is 3.28. The van der Waals surface area contributed by atoms with E-state index in [-0.39, 0.29) is 0 Å². The Balaban J connectivity index is 2.78. The number of rotatable bonds is 0. The van der Waals surface area contributed by atoms with E-state index in [1.807, 2.05) is 25.1 Å². The summed E-state index contributed by atoms with van der Waals surface area (Å²) >= 11 is 5.96. The van der Waals surface area contributed by atoms with Crippen LogP contribution in [0.2, 0.25) is 5.02 Å². The third-order valence-corrected chi connectivity index (χ3v) is 2.49. The van der Waals surface area contributed by atoms with Gasteiger partial charge in [0.2, 0.25) is 0 Å². The summed E-state index contributed by atoms with van der Waals surface area (Å²) in [7, 11) is 0. The highest BCUT2D eigenvalue weighted by Crippen LogP contribution is 2.22. The van der Waals surface area contributed by atoms with Crippen LogP contribution in [0, 0.1) is 18.3 Å². The molecule has 0 N–H and O–H groups in total. The minimum atomic E-state index is 0.414. The molecule has 1 heterocycles. The van der Waals surface area contributed by atoms with Crippen LogP contribution in [-0.4, -0.2) is 4.98 Å². The van der Waals surface area contributed by atoms with Crippen molar-refractivity contribution in [1.29, 1.82) is 5.26 Å². The van der Waals surface area contributed by atoms with Crippen LogP contribution in [0.25, 0.3) is 10.9 Å². The Kier molecular flexibility index (Phi) is 2.11. The van der Waals surface area contributed by atoms with Gasteiger partial charge in [-0.2, -0.15) is 5.26 Å². The maximum Gasteiger partial charge on any atom is 0.141 e. The first kappa shape index (κ1) is 8.98. The first-order valence-corrected chi connectivity index (χ1v) is 4.55. The van der Waals surface area contributed by atoms with Gasteiger partial charge < -0.3 is 0 Å². The Morgan fingerprint density at radius 1 is 1.36 bits per heavy atom. The Morgan fingerprint density at radius 2 is 2.14 bits per heavy atom. The molecule has 0 fully saturated rings. The molecule has 0 amide bonds. The second-order valence-electron chi connectivity index (χ2n) is 3.10. The second-order valence-corrected chi connectivity index (χ2v) is 3.51. The van der Waals surface area contributed by atoms with Crippen molar-refractivity contribution in [2.45, 2.75) is 6.92 Å². The predicted octanol–water partition coefficient (Wildman–Crippen LogP) is 3.07. The molecule has 0 aliphatic carbocycles. The fourth-order valence-electron chi connectivity index (χ4n) is 1.32. The fraction of sp³-hybridized carbons (Fsp3) is 0.0909. The van der Waals surface area contributed by atoms with Gasteiger partial charge in [-0.3, -0.25) is 0 Å².